The first-order valence-corrected chi connectivity index (χ1v) is 13.0. The lowest BCUT2D eigenvalue weighted by Gasteiger charge is -2.34. The highest BCUT2D eigenvalue weighted by Gasteiger charge is 2.34. The van der Waals surface area contributed by atoms with Crippen molar-refractivity contribution < 1.29 is 18.0 Å². The molecule has 38 heavy (non-hydrogen) atoms. The van der Waals surface area contributed by atoms with Gasteiger partial charge >= 0.3 is 6.18 Å². The minimum atomic E-state index is -4.57. The van der Waals surface area contributed by atoms with Crippen LogP contribution in [0.15, 0.2) is 55.0 Å². The predicted molar refractivity (Wildman–Crippen MR) is 140 cm³/mol. The number of amides is 1. The summed E-state index contributed by atoms with van der Waals surface area (Å²) in [5.74, 6) is 5.36. The van der Waals surface area contributed by atoms with Crippen LogP contribution in [0.5, 0.6) is 0 Å². The van der Waals surface area contributed by atoms with Crippen LogP contribution < -0.4 is 5.32 Å². The number of rotatable bonds is 5. The molecule has 1 N–H and O–H groups in total. The maximum atomic E-state index is 13.9. The van der Waals surface area contributed by atoms with E-state index in [-0.39, 0.29) is 22.8 Å². The molecule has 11 heteroatoms. The molecule has 1 amide bonds. The van der Waals surface area contributed by atoms with Crippen LogP contribution in [0.4, 0.5) is 18.3 Å². The molecule has 1 aliphatic rings. The van der Waals surface area contributed by atoms with Crippen LogP contribution in [0, 0.1) is 11.8 Å². The van der Waals surface area contributed by atoms with Crippen molar-refractivity contribution in [2.75, 3.05) is 38.0 Å². The Labute approximate surface area is 221 Å². The summed E-state index contributed by atoms with van der Waals surface area (Å²) >= 11 is 1.14. The van der Waals surface area contributed by atoms with Crippen LogP contribution in [0.3, 0.4) is 0 Å². The quantitative estimate of drug-likeness (QED) is 0.377. The van der Waals surface area contributed by atoms with E-state index in [0.717, 1.165) is 42.7 Å². The average Bonchev–Trinajstić information content (AvgIpc) is 3.54. The highest BCUT2D eigenvalue weighted by Crippen LogP contribution is 2.34. The molecule has 7 nitrogen and oxygen atoms in total. The molecule has 0 radical (unpaired) electrons. The first-order chi connectivity index (χ1) is 18.3. The maximum absolute atomic E-state index is 13.9. The molecule has 1 aromatic carbocycles. The zero-order valence-corrected chi connectivity index (χ0v) is 21.4. The minimum absolute atomic E-state index is 0.0783. The Bertz CT molecular complexity index is 1510. The molecule has 0 atom stereocenters. The fourth-order valence-electron chi connectivity index (χ4n) is 4.33. The fourth-order valence-corrected chi connectivity index (χ4v) is 5.00. The Morgan fingerprint density at radius 3 is 2.61 bits per heavy atom. The van der Waals surface area contributed by atoms with Gasteiger partial charge in [0, 0.05) is 44.5 Å². The number of benzene rings is 1. The second-order valence-electron chi connectivity index (χ2n) is 8.89. The van der Waals surface area contributed by atoms with E-state index in [1.807, 2.05) is 33.7 Å². The van der Waals surface area contributed by atoms with Crippen LogP contribution in [0.2, 0.25) is 0 Å². The minimum Gasteiger partial charge on any atom is -0.301 e. The van der Waals surface area contributed by atoms with Crippen LogP contribution >= 0.6 is 11.3 Å². The number of pyridine rings is 1. The summed E-state index contributed by atoms with van der Waals surface area (Å²) in [5, 5.41) is 2.85. The lowest BCUT2D eigenvalue weighted by molar-refractivity contribution is -0.138. The number of carbonyl (C=O) groups excluding carboxylic acids is 1. The monoisotopic (exact) mass is 538 g/mol. The van der Waals surface area contributed by atoms with Crippen molar-refractivity contribution in [2.45, 2.75) is 19.6 Å². The van der Waals surface area contributed by atoms with Crippen LogP contribution in [-0.4, -0.2) is 62.8 Å². The number of hydrogen-bond acceptors (Lipinski definition) is 6. The lowest BCUT2D eigenvalue weighted by Crippen LogP contribution is -2.45. The van der Waals surface area contributed by atoms with Crippen LogP contribution in [0.25, 0.3) is 5.65 Å². The summed E-state index contributed by atoms with van der Waals surface area (Å²) in [6, 6.07) is 9.39. The second-order valence-corrected chi connectivity index (χ2v) is 9.92. The molecule has 0 saturated carbocycles. The Kier molecular flexibility index (Phi) is 7.46. The summed E-state index contributed by atoms with van der Waals surface area (Å²) in [5.41, 5.74) is 0.773. The van der Waals surface area contributed by atoms with Crippen LogP contribution in [0.1, 0.15) is 39.0 Å². The van der Waals surface area contributed by atoms with Gasteiger partial charge in [-0.25, -0.2) is 9.97 Å². The van der Waals surface area contributed by atoms with E-state index in [1.54, 1.807) is 6.20 Å². The highest BCUT2D eigenvalue weighted by atomic mass is 32.1. The third-order valence-corrected chi connectivity index (χ3v) is 7.27. The lowest BCUT2D eigenvalue weighted by atomic mass is 10.0. The maximum Gasteiger partial charge on any atom is 0.416 e. The van der Waals surface area contributed by atoms with Gasteiger partial charge in [-0.3, -0.25) is 19.4 Å². The van der Waals surface area contributed by atoms with Gasteiger partial charge in [0.05, 0.1) is 22.8 Å². The Balaban J connectivity index is 1.28. The SMILES string of the molecule is CCN1CCN(Cc2ccc(C(=O)Nc3ncc(C#Cc4cnc5ccccn45)s3)cc2C(F)(F)F)CC1. The number of nitrogens with one attached hydrogen (secondary N) is 1. The topological polar surface area (TPSA) is 65.8 Å². The van der Waals surface area contributed by atoms with Gasteiger partial charge in [0.15, 0.2) is 5.13 Å². The Morgan fingerprint density at radius 1 is 1.05 bits per heavy atom. The first-order valence-electron chi connectivity index (χ1n) is 12.2. The molecular formula is C27H25F3N6OS. The molecule has 4 heterocycles. The van der Waals surface area contributed by atoms with Crippen molar-refractivity contribution >= 4 is 28.0 Å². The second kappa shape index (κ2) is 10.9. The molecule has 3 aromatic heterocycles. The summed E-state index contributed by atoms with van der Waals surface area (Å²) in [4.78, 5) is 26.1. The van der Waals surface area contributed by atoms with Gasteiger partial charge in [-0.05, 0) is 48.2 Å². The highest BCUT2D eigenvalue weighted by molar-refractivity contribution is 7.16. The predicted octanol–water partition coefficient (Wildman–Crippen LogP) is 4.60. The number of nitrogens with zero attached hydrogens (tertiary/aromatic N) is 5. The number of piperazine rings is 1. The third-order valence-electron chi connectivity index (χ3n) is 6.44. The third kappa shape index (κ3) is 5.88. The van der Waals surface area contributed by atoms with Gasteiger partial charge in [0.1, 0.15) is 11.3 Å². The van der Waals surface area contributed by atoms with Gasteiger partial charge in [-0.1, -0.05) is 30.4 Å². The molecule has 5 rings (SSSR count). The molecule has 0 bridgehead atoms. The largest absolute Gasteiger partial charge is 0.416 e. The van der Waals surface area contributed by atoms with E-state index < -0.39 is 17.6 Å². The summed E-state index contributed by atoms with van der Waals surface area (Å²) in [6.07, 6.45) is 0.467. The Morgan fingerprint density at radius 2 is 1.84 bits per heavy atom. The molecule has 4 aromatic rings. The molecule has 0 aliphatic carbocycles. The molecule has 1 aliphatic heterocycles. The van der Waals surface area contributed by atoms with E-state index in [9.17, 15) is 18.0 Å². The smallest absolute Gasteiger partial charge is 0.301 e. The summed E-state index contributed by atoms with van der Waals surface area (Å²) < 4.78 is 43.6. The number of halogens is 3. The first kappa shape index (κ1) is 25.9. The van der Waals surface area contributed by atoms with Crippen molar-refractivity contribution in [3.63, 3.8) is 0 Å². The molecule has 0 unspecified atom stereocenters. The van der Waals surface area contributed by atoms with E-state index in [1.165, 1.54) is 18.3 Å². The van der Waals surface area contributed by atoms with Gasteiger partial charge in [-0.2, -0.15) is 13.2 Å². The number of likely N-dealkylation sites (N-methyl/N-ethyl adjacent to an activating group) is 1. The number of aromatic nitrogens is 3. The molecule has 0 spiro atoms. The number of anilines is 1. The van der Waals surface area contributed by atoms with Gasteiger partial charge < -0.3 is 4.90 Å². The van der Waals surface area contributed by atoms with Crippen molar-refractivity contribution in [2.24, 2.45) is 0 Å². The molecule has 1 fully saturated rings. The number of carbonyl (C=O) groups is 1. The van der Waals surface area contributed by atoms with E-state index in [4.69, 9.17) is 0 Å². The number of fused-ring (bicyclic) bond motifs is 1. The number of thiazole rings is 1. The van der Waals surface area contributed by atoms with Crippen molar-refractivity contribution in [1.29, 1.82) is 0 Å². The molecular weight excluding hydrogens is 513 g/mol. The number of imidazole rings is 1. The fraction of sp³-hybridized carbons (Fsp3) is 0.296. The molecule has 196 valence electrons. The van der Waals surface area contributed by atoms with Crippen molar-refractivity contribution in [3.05, 3.63) is 82.3 Å². The van der Waals surface area contributed by atoms with E-state index in [0.29, 0.717) is 23.7 Å². The van der Waals surface area contributed by atoms with Gasteiger partial charge in [-0.15, -0.1) is 0 Å². The van der Waals surface area contributed by atoms with Crippen molar-refractivity contribution in [1.82, 2.24) is 24.2 Å². The van der Waals surface area contributed by atoms with E-state index >= 15 is 0 Å². The summed E-state index contributed by atoms with van der Waals surface area (Å²) in [7, 11) is 0. The van der Waals surface area contributed by atoms with Crippen LogP contribution in [-0.2, 0) is 12.7 Å². The average molecular weight is 539 g/mol. The van der Waals surface area contributed by atoms with Gasteiger partial charge in [0.2, 0.25) is 0 Å². The zero-order valence-electron chi connectivity index (χ0n) is 20.6. The Hall–Kier alpha value is -3.72. The van der Waals surface area contributed by atoms with Crippen molar-refractivity contribution in [3.8, 4) is 11.8 Å². The summed E-state index contributed by atoms with van der Waals surface area (Å²) in [6.45, 7) is 6.27. The normalized spacial score (nSPS) is 14.8. The van der Waals surface area contributed by atoms with Gasteiger partial charge in [0.25, 0.3) is 5.91 Å². The standard InChI is InChI=1S/C27H25F3N6OS/c1-2-34-11-13-35(14-12-34)18-20-7-6-19(15-23(20)27(28,29)30)25(37)33-26-32-17-22(38-26)9-8-21-16-31-24-5-3-4-10-36(21)24/h3-7,10,15-17H,2,11-14,18H2,1H3,(H,32,33,37). The molecule has 1 saturated heterocycles. The zero-order chi connectivity index (χ0) is 26.7. The van der Waals surface area contributed by atoms with E-state index in [2.05, 4.69) is 38.9 Å². The number of hydrogen-bond donors (Lipinski definition) is 1. The number of alkyl halides is 3.